The lowest BCUT2D eigenvalue weighted by Gasteiger charge is -2.25. The van der Waals surface area contributed by atoms with Crippen molar-refractivity contribution in [2.75, 3.05) is 0 Å². The van der Waals surface area contributed by atoms with Crippen LogP contribution >= 0.6 is 11.6 Å². The van der Waals surface area contributed by atoms with E-state index < -0.39 is 23.2 Å². The summed E-state index contributed by atoms with van der Waals surface area (Å²) in [5.41, 5.74) is -1.47. The van der Waals surface area contributed by atoms with E-state index in [-0.39, 0.29) is 10.6 Å². The number of rotatable bonds is 3. The van der Waals surface area contributed by atoms with Gasteiger partial charge < -0.3 is 10.4 Å². The molecule has 2 rings (SSSR count). The number of aliphatic carboxylic acids is 1. The van der Waals surface area contributed by atoms with Crippen molar-refractivity contribution in [1.82, 2.24) is 5.32 Å². The molecule has 1 amide bonds. The Morgan fingerprint density at radius 1 is 1.32 bits per heavy atom. The molecule has 0 aliphatic heterocycles. The van der Waals surface area contributed by atoms with E-state index in [1.165, 1.54) is 12.1 Å². The van der Waals surface area contributed by atoms with Crippen molar-refractivity contribution >= 4 is 23.5 Å². The Bertz CT molecular complexity index is 527. The van der Waals surface area contributed by atoms with E-state index in [0.717, 1.165) is 18.9 Å². The van der Waals surface area contributed by atoms with Crippen molar-refractivity contribution in [3.05, 3.63) is 34.6 Å². The van der Waals surface area contributed by atoms with Crippen molar-refractivity contribution in [2.24, 2.45) is 0 Å². The van der Waals surface area contributed by atoms with Crippen LogP contribution in [0, 0.1) is 5.82 Å². The lowest BCUT2D eigenvalue weighted by atomic mass is 9.97. The lowest BCUT2D eigenvalue weighted by Crippen LogP contribution is -2.52. The minimum Gasteiger partial charge on any atom is -0.480 e. The number of hydrogen-bond donors (Lipinski definition) is 2. The fourth-order valence-electron chi connectivity index (χ4n) is 2.33. The molecule has 0 heterocycles. The van der Waals surface area contributed by atoms with E-state index in [0.29, 0.717) is 12.8 Å². The molecule has 0 saturated heterocycles. The Kier molecular flexibility index (Phi) is 3.75. The number of benzene rings is 1. The molecule has 102 valence electrons. The molecule has 1 aromatic rings. The predicted molar refractivity (Wildman–Crippen MR) is 67.7 cm³/mol. The van der Waals surface area contributed by atoms with Gasteiger partial charge in [0.05, 0.1) is 5.56 Å². The van der Waals surface area contributed by atoms with Crippen LogP contribution in [0.4, 0.5) is 4.39 Å². The van der Waals surface area contributed by atoms with Crippen molar-refractivity contribution in [3.8, 4) is 0 Å². The molecule has 1 fully saturated rings. The minimum absolute atomic E-state index is 0.183. The number of carboxylic acid groups (broad SMARTS) is 1. The van der Waals surface area contributed by atoms with Crippen LogP contribution in [0.25, 0.3) is 0 Å². The number of carbonyl (C=O) groups excluding carboxylic acids is 1. The number of nitrogens with one attached hydrogen (secondary N) is 1. The average Bonchev–Trinajstić information content (AvgIpc) is 2.78. The summed E-state index contributed by atoms with van der Waals surface area (Å²) in [5.74, 6) is -2.56. The van der Waals surface area contributed by atoms with E-state index in [2.05, 4.69) is 5.32 Å². The molecule has 1 aliphatic carbocycles. The van der Waals surface area contributed by atoms with E-state index in [1.807, 2.05) is 0 Å². The fraction of sp³-hybridized carbons (Fsp3) is 0.385. The van der Waals surface area contributed by atoms with Gasteiger partial charge in [-0.3, -0.25) is 4.79 Å². The van der Waals surface area contributed by atoms with Gasteiger partial charge in [-0.1, -0.05) is 24.4 Å². The molecular formula is C13H13ClFNO3. The van der Waals surface area contributed by atoms with Crippen LogP contribution in [0.2, 0.25) is 5.02 Å². The maximum atomic E-state index is 13.6. The number of carbonyl (C=O) groups is 2. The van der Waals surface area contributed by atoms with Gasteiger partial charge >= 0.3 is 5.97 Å². The Hall–Kier alpha value is -1.62. The third-order valence-corrected chi connectivity index (χ3v) is 3.63. The van der Waals surface area contributed by atoms with E-state index in [9.17, 15) is 19.1 Å². The number of hydrogen-bond acceptors (Lipinski definition) is 2. The molecule has 0 radical (unpaired) electrons. The Morgan fingerprint density at radius 2 is 1.95 bits per heavy atom. The summed E-state index contributed by atoms with van der Waals surface area (Å²) in [4.78, 5) is 23.3. The first-order valence-electron chi connectivity index (χ1n) is 5.95. The van der Waals surface area contributed by atoms with Crippen LogP contribution in [-0.4, -0.2) is 22.5 Å². The van der Waals surface area contributed by atoms with Gasteiger partial charge in [-0.2, -0.15) is 0 Å². The van der Waals surface area contributed by atoms with Gasteiger partial charge in [-0.15, -0.1) is 0 Å². The van der Waals surface area contributed by atoms with Crippen molar-refractivity contribution in [2.45, 2.75) is 31.2 Å². The highest BCUT2D eigenvalue weighted by atomic mass is 35.5. The SMILES string of the molecule is O=C(NC1(C(=O)O)CCCC1)c1ccc(Cl)cc1F. The molecule has 2 N–H and O–H groups in total. The average molecular weight is 286 g/mol. The van der Waals surface area contributed by atoms with Crippen LogP contribution in [0.1, 0.15) is 36.0 Å². The predicted octanol–water partition coefficient (Wildman–Crippen LogP) is 2.61. The molecule has 0 spiro atoms. The molecular weight excluding hydrogens is 273 g/mol. The summed E-state index contributed by atoms with van der Waals surface area (Å²) < 4.78 is 13.6. The van der Waals surface area contributed by atoms with Crippen LogP contribution < -0.4 is 5.32 Å². The molecule has 0 aromatic heterocycles. The van der Waals surface area contributed by atoms with Gasteiger partial charge in [0.1, 0.15) is 11.4 Å². The molecule has 6 heteroatoms. The Balaban J connectivity index is 2.22. The summed E-state index contributed by atoms with van der Waals surface area (Å²) in [7, 11) is 0. The third kappa shape index (κ3) is 2.71. The molecule has 0 bridgehead atoms. The molecule has 1 aromatic carbocycles. The fourth-order valence-corrected chi connectivity index (χ4v) is 2.49. The summed E-state index contributed by atoms with van der Waals surface area (Å²) >= 11 is 5.60. The maximum Gasteiger partial charge on any atom is 0.329 e. The number of halogens is 2. The molecule has 4 nitrogen and oxygen atoms in total. The number of amides is 1. The monoisotopic (exact) mass is 285 g/mol. The smallest absolute Gasteiger partial charge is 0.329 e. The first-order valence-corrected chi connectivity index (χ1v) is 6.33. The second kappa shape index (κ2) is 5.17. The van der Waals surface area contributed by atoms with Crippen molar-refractivity contribution in [1.29, 1.82) is 0 Å². The van der Waals surface area contributed by atoms with E-state index in [1.54, 1.807) is 0 Å². The quantitative estimate of drug-likeness (QED) is 0.897. The van der Waals surface area contributed by atoms with Crippen molar-refractivity contribution in [3.63, 3.8) is 0 Å². The standard InChI is InChI=1S/C13H13ClFNO3/c14-8-3-4-9(10(15)7-8)11(17)16-13(12(18)19)5-1-2-6-13/h3-4,7H,1-2,5-6H2,(H,16,17)(H,18,19). The van der Waals surface area contributed by atoms with Crippen LogP contribution in [0.5, 0.6) is 0 Å². The lowest BCUT2D eigenvalue weighted by molar-refractivity contribution is -0.144. The highest BCUT2D eigenvalue weighted by molar-refractivity contribution is 6.30. The van der Waals surface area contributed by atoms with Gasteiger partial charge in [0, 0.05) is 5.02 Å². The zero-order valence-electron chi connectivity index (χ0n) is 10.1. The summed E-state index contributed by atoms with van der Waals surface area (Å²) in [6, 6.07) is 3.66. The van der Waals surface area contributed by atoms with Gasteiger partial charge in [-0.05, 0) is 31.0 Å². The summed E-state index contributed by atoms with van der Waals surface area (Å²) in [6.45, 7) is 0. The van der Waals surface area contributed by atoms with Crippen LogP contribution in [-0.2, 0) is 4.79 Å². The van der Waals surface area contributed by atoms with Gasteiger partial charge in [0.25, 0.3) is 5.91 Å². The summed E-state index contributed by atoms with van der Waals surface area (Å²) in [6.07, 6.45) is 2.19. The molecule has 0 unspecified atom stereocenters. The third-order valence-electron chi connectivity index (χ3n) is 3.40. The topological polar surface area (TPSA) is 66.4 Å². The second-order valence-electron chi connectivity index (χ2n) is 4.67. The molecule has 19 heavy (non-hydrogen) atoms. The highest BCUT2D eigenvalue weighted by Gasteiger charge is 2.42. The second-order valence-corrected chi connectivity index (χ2v) is 5.11. The van der Waals surface area contributed by atoms with E-state index in [4.69, 9.17) is 11.6 Å². The highest BCUT2D eigenvalue weighted by Crippen LogP contribution is 2.30. The van der Waals surface area contributed by atoms with E-state index >= 15 is 0 Å². The first-order chi connectivity index (χ1) is 8.94. The minimum atomic E-state index is -1.27. The zero-order valence-corrected chi connectivity index (χ0v) is 10.8. The normalized spacial score (nSPS) is 17.2. The maximum absolute atomic E-state index is 13.6. The van der Waals surface area contributed by atoms with Gasteiger partial charge in [-0.25, -0.2) is 9.18 Å². The molecule has 1 aliphatic rings. The largest absolute Gasteiger partial charge is 0.480 e. The first kappa shape index (κ1) is 13.8. The zero-order chi connectivity index (χ0) is 14.0. The Labute approximate surface area is 114 Å². The van der Waals surface area contributed by atoms with Gasteiger partial charge in [0.15, 0.2) is 0 Å². The summed E-state index contributed by atoms with van der Waals surface area (Å²) in [5, 5.41) is 11.9. The Morgan fingerprint density at radius 3 is 2.47 bits per heavy atom. The molecule has 0 atom stereocenters. The van der Waals surface area contributed by atoms with Crippen molar-refractivity contribution < 1.29 is 19.1 Å². The van der Waals surface area contributed by atoms with Crippen LogP contribution in [0.15, 0.2) is 18.2 Å². The number of carboxylic acids is 1. The molecule has 1 saturated carbocycles. The van der Waals surface area contributed by atoms with Gasteiger partial charge in [0.2, 0.25) is 0 Å². The van der Waals surface area contributed by atoms with Crippen LogP contribution in [0.3, 0.4) is 0 Å².